The fraction of sp³-hybridized carbons (Fsp3) is 0.0638. The van der Waals surface area contributed by atoms with Gasteiger partial charge in [-0.2, -0.15) is 0 Å². The fourth-order valence-corrected chi connectivity index (χ4v) is 6.68. The molecule has 0 atom stereocenters. The first-order valence-corrected chi connectivity index (χ1v) is 17.9. The number of hydrogen-bond donors (Lipinski definition) is 0. The summed E-state index contributed by atoms with van der Waals surface area (Å²) < 4.78 is 29.9. The van der Waals surface area contributed by atoms with E-state index in [-0.39, 0.29) is 5.56 Å². The first-order chi connectivity index (χ1) is 26.8. The molecule has 0 aliphatic carbocycles. The van der Waals surface area contributed by atoms with Crippen LogP contribution in [0.2, 0.25) is 0 Å². The number of anilines is 6. The smallest absolute Gasteiger partial charge is 0.135 e. The van der Waals surface area contributed by atoms with Gasteiger partial charge in [0.05, 0.1) is 34.2 Å². The standard InChI is InChI=1S/C47H36F2N6/c1-47(2,45-28-39(26-43(52-45)33-30-50-32-51-31-33)54(35-15-7-3-8-16-35)36-17-9-4-10-18-36)46-29-40(27-44(53-46)41-24-23-34(48)25-42(41)49)55(37-19-11-5-12-20-37)38-21-13-6-14-22-38/h3-32H,1-2H3. The molecule has 0 N–H and O–H groups in total. The number of hydrogen-bond acceptors (Lipinski definition) is 6. The maximum atomic E-state index is 15.6. The van der Waals surface area contributed by atoms with Gasteiger partial charge in [0.2, 0.25) is 0 Å². The zero-order valence-electron chi connectivity index (χ0n) is 30.3. The summed E-state index contributed by atoms with van der Waals surface area (Å²) in [5.74, 6) is -1.36. The predicted octanol–water partition coefficient (Wildman–Crippen LogP) is 12.1. The van der Waals surface area contributed by atoms with Gasteiger partial charge in [-0.3, -0.25) is 9.97 Å². The Morgan fingerprint density at radius 2 is 0.873 bits per heavy atom. The average molecular weight is 723 g/mol. The number of nitrogens with zero attached hydrogens (tertiary/aromatic N) is 6. The first kappa shape index (κ1) is 35.0. The van der Waals surface area contributed by atoms with E-state index in [0.29, 0.717) is 22.8 Å². The van der Waals surface area contributed by atoms with Gasteiger partial charge in [0, 0.05) is 57.8 Å². The molecule has 0 aliphatic heterocycles. The molecule has 8 heteroatoms. The summed E-state index contributed by atoms with van der Waals surface area (Å²) in [5, 5.41) is 0. The van der Waals surface area contributed by atoms with Gasteiger partial charge in [0.15, 0.2) is 0 Å². The van der Waals surface area contributed by atoms with Crippen molar-refractivity contribution in [3.05, 3.63) is 206 Å². The highest BCUT2D eigenvalue weighted by Crippen LogP contribution is 2.43. The van der Waals surface area contributed by atoms with E-state index in [4.69, 9.17) is 9.97 Å². The summed E-state index contributed by atoms with van der Waals surface area (Å²) in [6, 6.07) is 51.8. The molecule has 6 nitrogen and oxygen atoms in total. The van der Waals surface area contributed by atoms with E-state index in [1.54, 1.807) is 12.4 Å². The second kappa shape index (κ2) is 15.1. The van der Waals surface area contributed by atoms with Crippen LogP contribution in [-0.2, 0) is 5.41 Å². The van der Waals surface area contributed by atoms with E-state index < -0.39 is 17.0 Å². The molecule has 0 saturated carbocycles. The van der Waals surface area contributed by atoms with Crippen molar-refractivity contribution in [2.24, 2.45) is 0 Å². The number of pyridine rings is 2. The fourth-order valence-electron chi connectivity index (χ4n) is 6.68. The SMILES string of the molecule is CC(C)(c1cc(N(c2ccccc2)c2ccccc2)cc(-c2cncnc2)n1)c1cc(N(c2ccccc2)c2ccccc2)cc(-c2ccc(F)cc2F)n1. The Morgan fingerprint density at radius 1 is 0.455 bits per heavy atom. The Balaban J connectivity index is 1.37. The van der Waals surface area contributed by atoms with Gasteiger partial charge in [0.1, 0.15) is 18.0 Å². The van der Waals surface area contributed by atoms with Crippen LogP contribution in [0.4, 0.5) is 42.9 Å². The summed E-state index contributed by atoms with van der Waals surface area (Å²) in [6.07, 6.45) is 4.99. The van der Waals surface area contributed by atoms with Gasteiger partial charge in [-0.15, -0.1) is 0 Å². The minimum atomic E-state index is -0.861. The van der Waals surface area contributed by atoms with Crippen LogP contribution in [0.5, 0.6) is 0 Å². The Morgan fingerprint density at radius 3 is 1.31 bits per heavy atom. The van der Waals surface area contributed by atoms with E-state index in [9.17, 15) is 4.39 Å². The molecule has 0 bridgehead atoms. The molecule has 0 radical (unpaired) electrons. The molecule has 0 aliphatic rings. The quantitative estimate of drug-likeness (QED) is 0.140. The lowest BCUT2D eigenvalue weighted by molar-refractivity contribution is 0.583. The van der Waals surface area contributed by atoms with E-state index >= 15 is 4.39 Å². The molecule has 8 rings (SSSR count). The van der Waals surface area contributed by atoms with Gasteiger partial charge < -0.3 is 9.80 Å². The molecule has 0 fully saturated rings. The van der Waals surface area contributed by atoms with Crippen LogP contribution < -0.4 is 9.80 Å². The minimum absolute atomic E-state index is 0.185. The van der Waals surface area contributed by atoms with E-state index in [2.05, 4.69) is 63.9 Å². The molecule has 0 unspecified atom stereocenters. The molecular formula is C47H36F2N6. The Labute approximate surface area is 319 Å². The number of aromatic nitrogens is 4. The van der Waals surface area contributed by atoms with Crippen LogP contribution in [0.25, 0.3) is 22.5 Å². The third-order valence-electron chi connectivity index (χ3n) is 9.54. The Kier molecular flexibility index (Phi) is 9.62. The Hall–Kier alpha value is -7.06. The molecule has 0 spiro atoms. The third-order valence-corrected chi connectivity index (χ3v) is 9.54. The van der Waals surface area contributed by atoms with Gasteiger partial charge in [0.25, 0.3) is 0 Å². The summed E-state index contributed by atoms with van der Waals surface area (Å²) in [7, 11) is 0. The maximum absolute atomic E-state index is 15.6. The van der Waals surface area contributed by atoms with Crippen molar-refractivity contribution in [2.75, 3.05) is 9.80 Å². The number of rotatable bonds is 10. The molecule has 0 saturated heterocycles. The van der Waals surface area contributed by atoms with E-state index in [0.717, 1.165) is 45.8 Å². The maximum Gasteiger partial charge on any atom is 0.135 e. The molecular weight excluding hydrogens is 687 g/mol. The summed E-state index contributed by atoms with van der Waals surface area (Å²) >= 11 is 0. The summed E-state index contributed by atoms with van der Waals surface area (Å²) in [5.41, 5.74) is 7.80. The zero-order chi connectivity index (χ0) is 37.8. The Bertz CT molecular complexity index is 2460. The monoisotopic (exact) mass is 722 g/mol. The highest BCUT2D eigenvalue weighted by atomic mass is 19.1. The molecule has 3 heterocycles. The van der Waals surface area contributed by atoms with Crippen LogP contribution >= 0.6 is 0 Å². The molecule has 5 aromatic carbocycles. The molecule has 3 aromatic heterocycles. The number of para-hydroxylation sites is 4. The van der Waals surface area contributed by atoms with E-state index in [1.165, 1.54) is 18.5 Å². The van der Waals surface area contributed by atoms with Crippen molar-refractivity contribution in [1.29, 1.82) is 0 Å². The lowest BCUT2D eigenvalue weighted by atomic mass is 9.83. The van der Waals surface area contributed by atoms with Crippen molar-refractivity contribution in [3.63, 3.8) is 0 Å². The van der Waals surface area contributed by atoms with Crippen LogP contribution in [0.1, 0.15) is 25.2 Å². The first-order valence-electron chi connectivity index (χ1n) is 17.9. The van der Waals surface area contributed by atoms with Gasteiger partial charge in [-0.25, -0.2) is 18.7 Å². The molecule has 8 aromatic rings. The molecule has 0 amide bonds. The topological polar surface area (TPSA) is 58.0 Å². The largest absolute Gasteiger partial charge is 0.310 e. The second-order valence-corrected chi connectivity index (χ2v) is 13.6. The van der Waals surface area contributed by atoms with E-state index in [1.807, 2.05) is 115 Å². The van der Waals surface area contributed by atoms with Crippen molar-refractivity contribution >= 4 is 34.1 Å². The van der Waals surface area contributed by atoms with Gasteiger partial charge >= 0.3 is 0 Å². The van der Waals surface area contributed by atoms with Gasteiger partial charge in [-0.05, 0) is 98.8 Å². The molecule has 268 valence electrons. The highest BCUT2D eigenvalue weighted by molar-refractivity contribution is 5.81. The van der Waals surface area contributed by atoms with Crippen LogP contribution in [0, 0.1) is 11.6 Å². The average Bonchev–Trinajstić information content (AvgIpc) is 3.23. The normalized spacial score (nSPS) is 11.3. The lowest BCUT2D eigenvalue weighted by Gasteiger charge is -2.31. The highest BCUT2D eigenvalue weighted by Gasteiger charge is 2.31. The van der Waals surface area contributed by atoms with Crippen LogP contribution in [-0.4, -0.2) is 19.9 Å². The van der Waals surface area contributed by atoms with Crippen LogP contribution in [0.3, 0.4) is 0 Å². The van der Waals surface area contributed by atoms with Crippen molar-refractivity contribution < 1.29 is 8.78 Å². The summed E-state index contributed by atoms with van der Waals surface area (Å²) in [6.45, 7) is 4.12. The lowest BCUT2D eigenvalue weighted by Crippen LogP contribution is -2.24. The third kappa shape index (κ3) is 7.30. The number of benzene rings is 5. The van der Waals surface area contributed by atoms with Gasteiger partial charge in [-0.1, -0.05) is 72.8 Å². The second-order valence-electron chi connectivity index (χ2n) is 13.6. The van der Waals surface area contributed by atoms with Crippen molar-refractivity contribution in [2.45, 2.75) is 19.3 Å². The van der Waals surface area contributed by atoms with Crippen LogP contribution in [0.15, 0.2) is 183 Å². The molecule has 55 heavy (non-hydrogen) atoms. The number of halogens is 2. The summed E-state index contributed by atoms with van der Waals surface area (Å²) in [4.78, 5) is 23.3. The minimum Gasteiger partial charge on any atom is -0.310 e. The van der Waals surface area contributed by atoms with Crippen molar-refractivity contribution in [3.8, 4) is 22.5 Å². The predicted molar refractivity (Wildman–Crippen MR) is 216 cm³/mol. The van der Waals surface area contributed by atoms with Crippen molar-refractivity contribution in [1.82, 2.24) is 19.9 Å². The zero-order valence-corrected chi connectivity index (χ0v) is 30.3.